The van der Waals surface area contributed by atoms with E-state index in [9.17, 15) is 4.79 Å². The Bertz CT molecular complexity index is 1060. The van der Waals surface area contributed by atoms with Crippen LogP contribution in [0, 0.1) is 13.8 Å². The molecule has 3 heterocycles. The highest BCUT2D eigenvalue weighted by molar-refractivity contribution is 5.85. The molecule has 1 saturated heterocycles. The van der Waals surface area contributed by atoms with E-state index in [1.807, 2.05) is 13.0 Å². The minimum absolute atomic E-state index is 0.278. The average molecular weight is 407 g/mol. The van der Waals surface area contributed by atoms with Gasteiger partial charge in [0.1, 0.15) is 0 Å². The summed E-state index contributed by atoms with van der Waals surface area (Å²) in [6.07, 6.45) is 2.98. The summed E-state index contributed by atoms with van der Waals surface area (Å²) in [4.78, 5) is 33.8. The molecule has 156 valence electrons. The molecular weight excluding hydrogens is 382 g/mol. The SMILES string of the molecule is CCOC(=O)N1CCN(c2nc(Nc3ccc(C)c(C)c3)c3nccnc3n2)CC1. The molecule has 9 heteroatoms. The molecule has 1 N–H and O–H groups in total. The van der Waals surface area contributed by atoms with Gasteiger partial charge >= 0.3 is 6.09 Å². The van der Waals surface area contributed by atoms with Crippen molar-refractivity contribution in [1.29, 1.82) is 0 Å². The molecule has 1 aromatic carbocycles. The number of piperazine rings is 1. The fraction of sp³-hybridized carbons (Fsp3) is 0.381. The number of nitrogens with one attached hydrogen (secondary N) is 1. The van der Waals surface area contributed by atoms with Crippen LogP contribution in [-0.2, 0) is 4.74 Å². The number of benzene rings is 1. The van der Waals surface area contributed by atoms with Gasteiger partial charge in [-0.2, -0.15) is 9.97 Å². The summed E-state index contributed by atoms with van der Waals surface area (Å²) in [6, 6.07) is 6.17. The molecule has 2 aromatic heterocycles. The van der Waals surface area contributed by atoms with Gasteiger partial charge in [0.05, 0.1) is 6.61 Å². The number of aryl methyl sites for hydroxylation is 2. The Balaban J connectivity index is 1.60. The summed E-state index contributed by atoms with van der Waals surface area (Å²) in [7, 11) is 0. The molecule has 1 aliphatic heterocycles. The minimum Gasteiger partial charge on any atom is -0.450 e. The number of anilines is 3. The van der Waals surface area contributed by atoms with Crippen molar-refractivity contribution in [3.05, 3.63) is 41.7 Å². The van der Waals surface area contributed by atoms with Crippen LogP contribution in [0.5, 0.6) is 0 Å². The molecule has 0 radical (unpaired) electrons. The van der Waals surface area contributed by atoms with Crippen LogP contribution < -0.4 is 10.2 Å². The number of ether oxygens (including phenoxy) is 1. The van der Waals surface area contributed by atoms with E-state index < -0.39 is 0 Å². The van der Waals surface area contributed by atoms with E-state index in [0.29, 0.717) is 55.7 Å². The lowest BCUT2D eigenvalue weighted by Crippen LogP contribution is -2.49. The zero-order valence-corrected chi connectivity index (χ0v) is 17.4. The van der Waals surface area contributed by atoms with Crippen molar-refractivity contribution < 1.29 is 9.53 Å². The summed E-state index contributed by atoms with van der Waals surface area (Å²) in [5, 5.41) is 3.37. The fourth-order valence-corrected chi connectivity index (χ4v) is 3.34. The lowest BCUT2D eigenvalue weighted by molar-refractivity contribution is 0.105. The largest absolute Gasteiger partial charge is 0.450 e. The zero-order chi connectivity index (χ0) is 21.1. The lowest BCUT2D eigenvalue weighted by Gasteiger charge is -2.34. The Labute approximate surface area is 175 Å². The number of hydrogen-bond donors (Lipinski definition) is 1. The van der Waals surface area contributed by atoms with Crippen molar-refractivity contribution in [3.8, 4) is 0 Å². The van der Waals surface area contributed by atoms with E-state index in [2.05, 4.69) is 51.1 Å². The van der Waals surface area contributed by atoms with Crippen molar-refractivity contribution in [2.45, 2.75) is 20.8 Å². The molecule has 1 amide bonds. The van der Waals surface area contributed by atoms with Crippen molar-refractivity contribution in [2.75, 3.05) is 43.0 Å². The lowest BCUT2D eigenvalue weighted by atomic mass is 10.1. The van der Waals surface area contributed by atoms with Crippen molar-refractivity contribution in [2.24, 2.45) is 0 Å². The predicted octanol–water partition coefficient (Wildman–Crippen LogP) is 3.06. The van der Waals surface area contributed by atoms with Crippen LogP contribution >= 0.6 is 0 Å². The summed E-state index contributed by atoms with van der Waals surface area (Å²) in [5.74, 6) is 1.18. The predicted molar refractivity (Wildman–Crippen MR) is 115 cm³/mol. The number of rotatable bonds is 4. The third-order valence-electron chi connectivity index (χ3n) is 5.18. The Morgan fingerprint density at radius 3 is 2.57 bits per heavy atom. The quantitative estimate of drug-likeness (QED) is 0.705. The molecule has 0 saturated carbocycles. The van der Waals surface area contributed by atoms with Gasteiger partial charge < -0.3 is 19.9 Å². The molecule has 0 bridgehead atoms. The van der Waals surface area contributed by atoms with Gasteiger partial charge in [0.2, 0.25) is 5.95 Å². The van der Waals surface area contributed by atoms with Gasteiger partial charge in [-0.15, -0.1) is 0 Å². The first-order valence-electron chi connectivity index (χ1n) is 10.0. The number of aromatic nitrogens is 4. The zero-order valence-electron chi connectivity index (χ0n) is 17.4. The maximum absolute atomic E-state index is 12.0. The molecule has 0 unspecified atom stereocenters. The third-order valence-corrected chi connectivity index (χ3v) is 5.18. The highest BCUT2D eigenvalue weighted by Gasteiger charge is 2.24. The van der Waals surface area contributed by atoms with Crippen LogP contribution in [0.1, 0.15) is 18.1 Å². The van der Waals surface area contributed by atoms with Gasteiger partial charge in [-0.1, -0.05) is 6.07 Å². The van der Waals surface area contributed by atoms with Crippen LogP contribution in [0.4, 0.5) is 22.2 Å². The maximum Gasteiger partial charge on any atom is 0.409 e. The molecular formula is C21H25N7O2. The van der Waals surface area contributed by atoms with Gasteiger partial charge in [-0.25, -0.2) is 14.8 Å². The smallest absolute Gasteiger partial charge is 0.409 e. The monoisotopic (exact) mass is 407 g/mol. The van der Waals surface area contributed by atoms with Crippen LogP contribution in [-0.4, -0.2) is 63.7 Å². The van der Waals surface area contributed by atoms with Crippen LogP contribution in [0.25, 0.3) is 11.2 Å². The van der Waals surface area contributed by atoms with Crippen molar-refractivity contribution in [3.63, 3.8) is 0 Å². The Kier molecular flexibility index (Phi) is 5.60. The van der Waals surface area contributed by atoms with E-state index in [-0.39, 0.29) is 6.09 Å². The first-order valence-corrected chi connectivity index (χ1v) is 10.0. The first kappa shape index (κ1) is 19.8. The highest BCUT2D eigenvalue weighted by Crippen LogP contribution is 2.25. The number of carbonyl (C=O) groups excluding carboxylic acids is 1. The number of nitrogens with zero attached hydrogens (tertiary/aromatic N) is 6. The molecule has 30 heavy (non-hydrogen) atoms. The topological polar surface area (TPSA) is 96.4 Å². The van der Waals surface area contributed by atoms with E-state index >= 15 is 0 Å². The molecule has 1 aliphatic rings. The first-order chi connectivity index (χ1) is 14.5. The van der Waals surface area contributed by atoms with Crippen LogP contribution in [0.15, 0.2) is 30.6 Å². The number of carbonyl (C=O) groups is 1. The van der Waals surface area contributed by atoms with Gasteiger partial charge in [0, 0.05) is 44.3 Å². The van der Waals surface area contributed by atoms with Crippen molar-refractivity contribution >= 4 is 34.7 Å². The van der Waals surface area contributed by atoms with E-state index in [4.69, 9.17) is 9.72 Å². The van der Waals surface area contributed by atoms with Crippen LogP contribution in [0.2, 0.25) is 0 Å². The normalized spacial score (nSPS) is 14.1. The number of fused-ring (bicyclic) bond motifs is 1. The maximum atomic E-state index is 12.0. The Morgan fingerprint density at radius 1 is 1.07 bits per heavy atom. The van der Waals surface area contributed by atoms with Crippen molar-refractivity contribution in [1.82, 2.24) is 24.8 Å². The Hall–Kier alpha value is -3.49. The van der Waals surface area contributed by atoms with Crippen LogP contribution in [0.3, 0.4) is 0 Å². The molecule has 9 nitrogen and oxygen atoms in total. The van der Waals surface area contributed by atoms with E-state index in [1.54, 1.807) is 17.3 Å². The van der Waals surface area contributed by atoms with Gasteiger partial charge in [0.15, 0.2) is 17.0 Å². The fourth-order valence-electron chi connectivity index (χ4n) is 3.34. The highest BCUT2D eigenvalue weighted by atomic mass is 16.6. The van der Waals surface area contributed by atoms with Gasteiger partial charge in [-0.05, 0) is 44.0 Å². The standard InChI is InChI=1S/C21H25N7O2/c1-4-30-21(29)28-11-9-27(10-12-28)20-25-18-17(22-7-8-23-18)19(26-20)24-16-6-5-14(2)15(3)13-16/h5-8,13H,4,9-12H2,1-3H3,(H,23,24,25,26). The summed E-state index contributed by atoms with van der Waals surface area (Å²) < 4.78 is 5.09. The molecule has 3 aromatic rings. The summed E-state index contributed by atoms with van der Waals surface area (Å²) >= 11 is 0. The second-order valence-electron chi connectivity index (χ2n) is 7.20. The number of amides is 1. The molecule has 0 spiro atoms. The molecule has 0 atom stereocenters. The van der Waals surface area contributed by atoms with E-state index in [0.717, 1.165) is 5.69 Å². The summed E-state index contributed by atoms with van der Waals surface area (Å²) in [6.45, 7) is 8.69. The summed E-state index contributed by atoms with van der Waals surface area (Å²) in [5.41, 5.74) is 4.50. The second kappa shape index (κ2) is 8.48. The second-order valence-corrected chi connectivity index (χ2v) is 7.20. The minimum atomic E-state index is -0.278. The van der Waals surface area contributed by atoms with Gasteiger partial charge in [-0.3, -0.25) is 0 Å². The number of hydrogen-bond acceptors (Lipinski definition) is 8. The van der Waals surface area contributed by atoms with E-state index in [1.165, 1.54) is 11.1 Å². The molecule has 0 aliphatic carbocycles. The van der Waals surface area contributed by atoms with Gasteiger partial charge in [0.25, 0.3) is 0 Å². The Morgan fingerprint density at radius 2 is 1.83 bits per heavy atom. The third kappa shape index (κ3) is 4.10. The molecule has 4 rings (SSSR count). The average Bonchev–Trinajstić information content (AvgIpc) is 2.76. The molecule has 1 fully saturated rings.